The molecule has 0 radical (unpaired) electrons. The quantitative estimate of drug-likeness (QED) is 0.243. The second-order valence-corrected chi connectivity index (χ2v) is 16.4. The van der Waals surface area contributed by atoms with Crippen LogP contribution < -0.4 is 0 Å². The molecule has 0 aromatic heterocycles. The van der Waals surface area contributed by atoms with Gasteiger partial charge in [-0.05, 0) is 0 Å². The van der Waals surface area contributed by atoms with Gasteiger partial charge >= 0.3 is 151 Å². The average molecular weight is 460 g/mol. The average Bonchev–Trinajstić information content (AvgIpc) is 2.93. The first kappa shape index (κ1) is 20.1. The Hall–Kier alpha value is 0.400. The third kappa shape index (κ3) is 3.47. The van der Waals surface area contributed by atoms with Crippen molar-refractivity contribution in [2.45, 2.75) is 90.4 Å². The molecule has 2 heterocycles. The minimum atomic E-state index is -0.686. The summed E-state index contributed by atoms with van der Waals surface area (Å²) in [5.41, 5.74) is 2.14. The zero-order valence-corrected chi connectivity index (χ0v) is 19.8. The fourth-order valence-electron chi connectivity index (χ4n) is 7.12. The molecule has 2 heteroatoms. The second-order valence-electron chi connectivity index (χ2n) is 10.1. The molecule has 6 atom stereocenters. The van der Waals surface area contributed by atoms with Crippen LogP contribution in [0.25, 0.3) is 0 Å². The number of hydrogen-bond donors (Lipinski definition) is 1. The molecular formula is C23H42IN. The van der Waals surface area contributed by atoms with E-state index in [0.29, 0.717) is 16.7 Å². The Morgan fingerprint density at radius 3 is 2.32 bits per heavy atom. The summed E-state index contributed by atoms with van der Waals surface area (Å²) in [7, 11) is 0. The van der Waals surface area contributed by atoms with Crippen LogP contribution in [-0.2, 0) is 0 Å². The molecule has 0 aromatic carbocycles. The number of nitrogens with one attached hydrogen (secondary N) is 1. The molecule has 2 aliphatic carbocycles. The van der Waals surface area contributed by atoms with Gasteiger partial charge in [-0.3, -0.25) is 0 Å². The molecule has 4 fully saturated rings. The van der Waals surface area contributed by atoms with E-state index in [9.17, 15) is 0 Å². The molecule has 6 unspecified atom stereocenters. The molecular weight excluding hydrogens is 417 g/mol. The molecule has 2 aliphatic heterocycles. The fourth-order valence-corrected chi connectivity index (χ4v) is 16.8. The van der Waals surface area contributed by atoms with Gasteiger partial charge in [-0.25, -0.2) is 0 Å². The maximum atomic E-state index is 8.27. The zero-order valence-electron chi connectivity index (χ0n) is 17.6. The van der Waals surface area contributed by atoms with E-state index in [1.807, 2.05) is 13.8 Å². The molecule has 2 saturated heterocycles. The third-order valence-electron chi connectivity index (χ3n) is 8.19. The molecule has 0 amide bonds. The molecule has 0 bridgehead atoms. The number of rotatable bonds is 1. The van der Waals surface area contributed by atoms with E-state index < -0.39 is 19.8 Å². The van der Waals surface area contributed by atoms with E-state index in [2.05, 4.69) is 27.7 Å². The van der Waals surface area contributed by atoms with Crippen molar-refractivity contribution in [3.05, 3.63) is 0 Å². The van der Waals surface area contributed by atoms with Crippen molar-refractivity contribution in [2.75, 3.05) is 8.86 Å². The zero-order chi connectivity index (χ0) is 18.4. The topological polar surface area (TPSA) is 23.9 Å². The first-order valence-corrected chi connectivity index (χ1v) is 15.3. The van der Waals surface area contributed by atoms with Crippen LogP contribution in [0, 0.1) is 39.9 Å². The number of hydrogen-bond acceptors (Lipinski definition) is 1. The van der Waals surface area contributed by atoms with Gasteiger partial charge in [-0.15, -0.1) is 0 Å². The predicted molar refractivity (Wildman–Crippen MR) is 120 cm³/mol. The van der Waals surface area contributed by atoms with Crippen molar-refractivity contribution in [1.29, 1.82) is 5.41 Å². The summed E-state index contributed by atoms with van der Waals surface area (Å²) in [6.07, 6.45) is 10.4. The summed E-state index contributed by atoms with van der Waals surface area (Å²) in [6.45, 7) is 13.7. The molecule has 4 aliphatic rings. The van der Waals surface area contributed by atoms with Crippen LogP contribution in [0.1, 0.15) is 86.5 Å². The van der Waals surface area contributed by atoms with Gasteiger partial charge < -0.3 is 0 Å². The number of fused-ring (bicyclic) bond motifs is 5. The van der Waals surface area contributed by atoms with Gasteiger partial charge in [0.15, 0.2) is 0 Å². The van der Waals surface area contributed by atoms with E-state index >= 15 is 0 Å². The van der Waals surface area contributed by atoms with Gasteiger partial charge in [0.25, 0.3) is 0 Å². The fraction of sp³-hybridized carbons (Fsp3) is 0.957. The van der Waals surface area contributed by atoms with Crippen molar-refractivity contribution < 1.29 is 0 Å². The van der Waals surface area contributed by atoms with E-state index in [1.165, 1.54) is 36.0 Å². The second kappa shape index (κ2) is 7.43. The first-order valence-electron chi connectivity index (χ1n) is 11.0. The van der Waals surface area contributed by atoms with Crippen molar-refractivity contribution in [3.8, 4) is 0 Å². The van der Waals surface area contributed by atoms with E-state index in [4.69, 9.17) is 5.41 Å². The van der Waals surface area contributed by atoms with Crippen LogP contribution in [-0.4, -0.2) is 18.5 Å². The maximum absolute atomic E-state index is 8.27. The Morgan fingerprint density at radius 2 is 1.64 bits per heavy atom. The van der Waals surface area contributed by atoms with Crippen LogP contribution in [0.3, 0.4) is 0 Å². The Morgan fingerprint density at radius 1 is 0.920 bits per heavy atom. The SMILES string of the molecule is CC.CC(=N)C1CCC2C3CCI4CC(C)(C)CCC4C3CCC12C. The number of alkyl halides is 3. The number of halogens is 1. The van der Waals surface area contributed by atoms with Crippen molar-refractivity contribution >= 4 is 25.5 Å². The van der Waals surface area contributed by atoms with Crippen molar-refractivity contribution in [3.63, 3.8) is 0 Å². The van der Waals surface area contributed by atoms with E-state index in [1.54, 1.807) is 21.7 Å². The Labute approximate surface area is 164 Å². The molecule has 1 nitrogen and oxygen atoms in total. The van der Waals surface area contributed by atoms with Crippen LogP contribution in [0.2, 0.25) is 0 Å². The molecule has 2 saturated carbocycles. The predicted octanol–water partition coefficient (Wildman–Crippen LogP) is 7.21. The summed E-state index contributed by atoms with van der Waals surface area (Å²) in [5.74, 6) is 3.71. The summed E-state index contributed by atoms with van der Waals surface area (Å²) >= 11 is -0.686. The van der Waals surface area contributed by atoms with Gasteiger partial charge in [0.2, 0.25) is 0 Å². The van der Waals surface area contributed by atoms with E-state index in [-0.39, 0.29) is 0 Å². The molecule has 0 aromatic rings. The van der Waals surface area contributed by atoms with Gasteiger partial charge in [-0.1, -0.05) is 13.8 Å². The molecule has 0 spiro atoms. The van der Waals surface area contributed by atoms with Crippen LogP contribution >= 0.6 is 19.8 Å². The van der Waals surface area contributed by atoms with Gasteiger partial charge in [0, 0.05) is 0 Å². The van der Waals surface area contributed by atoms with Crippen molar-refractivity contribution in [1.82, 2.24) is 0 Å². The van der Waals surface area contributed by atoms with Gasteiger partial charge in [0.1, 0.15) is 0 Å². The molecule has 146 valence electrons. The van der Waals surface area contributed by atoms with Gasteiger partial charge in [0.05, 0.1) is 0 Å². The van der Waals surface area contributed by atoms with Crippen LogP contribution in [0.5, 0.6) is 0 Å². The summed E-state index contributed by atoms with van der Waals surface area (Å²) < 4.78 is 4.52. The summed E-state index contributed by atoms with van der Waals surface area (Å²) in [4.78, 5) is 0. The van der Waals surface area contributed by atoms with E-state index in [0.717, 1.165) is 23.5 Å². The Kier molecular flexibility index (Phi) is 5.99. The summed E-state index contributed by atoms with van der Waals surface area (Å²) in [5, 5.41) is 8.27. The van der Waals surface area contributed by atoms with Crippen LogP contribution in [0.15, 0.2) is 0 Å². The normalized spacial score (nSPS) is 46.2. The monoisotopic (exact) mass is 459 g/mol. The first-order chi connectivity index (χ1) is 11.8. The third-order valence-corrected chi connectivity index (χ3v) is 17.1. The molecule has 1 N–H and O–H groups in total. The Bertz CT molecular complexity index is 498. The molecule has 25 heavy (non-hydrogen) atoms. The minimum absolute atomic E-state index is 0.483. The standard InChI is InChI=1S/C21H36IN.C2H6/c1-14(23)17-5-6-18-15-9-12-22-13-20(2,3)10-8-19(22)16(15)7-11-21(17,18)4;1-2/h15-19,23H,5-13H2,1-4H3;1-2H3. The van der Waals surface area contributed by atoms with Crippen LogP contribution in [0.4, 0.5) is 0 Å². The van der Waals surface area contributed by atoms with Gasteiger partial charge in [-0.2, -0.15) is 0 Å². The van der Waals surface area contributed by atoms with Crippen molar-refractivity contribution in [2.24, 2.45) is 34.5 Å². The molecule has 4 rings (SSSR count). The Balaban J connectivity index is 0.000000880. The summed E-state index contributed by atoms with van der Waals surface area (Å²) in [6, 6.07) is 0.